The average Bonchev–Trinajstić information content (AvgIpc) is 3.21. The van der Waals surface area contributed by atoms with Crippen LogP contribution in [-0.2, 0) is 0 Å². The van der Waals surface area contributed by atoms with Crippen LogP contribution in [0.15, 0.2) is 18.2 Å². The van der Waals surface area contributed by atoms with Gasteiger partial charge in [0.15, 0.2) is 11.5 Å². The van der Waals surface area contributed by atoms with E-state index in [0.29, 0.717) is 34.5 Å². The zero-order valence-corrected chi connectivity index (χ0v) is 16.0. The lowest BCUT2D eigenvalue weighted by atomic mass is 10.2. The van der Waals surface area contributed by atoms with Gasteiger partial charge in [0.2, 0.25) is 5.75 Å². The third-order valence-corrected chi connectivity index (χ3v) is 4.41. The number of benzene rings is 1. The van der Waals surface area contributed by atoms with Crippen molar-refractivity contribution in [2.75, 3.05) is 44.6 Å². The van der Waals surface area contributed by atoms with E-state index in [4.69, 9.17) is 14.2 Å². The van der Waals surface area contributed by atoms with Crippen LogP contribution in [0.1, 0.15) is 29.2 Å². The molecule has 0 bridgehead atoms. The van der Waals surface area contributed by atoms with Gasteiger partial charge < -0.3 is 24.4 Å². The minimum absolute atomic E-state index is 0.318. The molecule has 0 saturated carbocycles. The Balaban J connectivity index is 1.87. The van der Waals surface area contributed by atoms with Gasteiger partial charge in [0.25, 0.3) is 5.91 Å². The van der Waals surface area contributed by atoms with Crippen molar-refractivity contribution in [3.8, 4) is 17.2 Å². The van der Waals surface area contributed by atoms with E-state index in [1.165, 1.54) is 21.3 Å². The number of nitrogens with zero attached hydrogens (tertiary/aromatic N) is 3. The van der Waals surface area contributed by atoms with Crippen molar-refractivity contribution in [1.29, 1.82) is 0 Å². The second-order valence-electron chi connectivity index (χ2n) is 6.22. The third kappa shape index (κ3) is 4.05. The molecule has 1 N–H and O–H groups in total. The molecule has 1 aliphatic rings. The van der Waals surface area contributed by atoms with E-state index in [0.717, 1.165) is 31.7 Å². The molecule has 2 heterocycles. The summed E-state index contributed by atoms with van der Waals surface area (Å²) >= 11 is 0. The molecule has 8 nitrogen and oxygen atoms in total. The SMILES string of the molecule is COc1cc(NC(=O)c2cc(N3CCCC3)nc(C)n2)cc(OC)c1OC. The van der Waals surface area contributed by atoms with Gasteiger partial charge in [-0.25, -0.2) is 9.97 Å². The Hall–Kier alpha value is -3.03. The fraction of sp³-hybridized carbons (Fsp3) is 0.421. The lowest BCUT2D eigenvalue weighted by Gasteiger charge is -2.17. The standard InChI is InChI=1S/C19H24N4O4/c1-12-20-14(11-17(21-12)23-7-5-6-8-23)19(24)22-13-9-15(25-2)18(27-4)16(10-13)26-3/h9-11H,5-8H2,1-4H3,(H,22,24). The van der Waals surface area contributed by atoms with Crippen LogP contribution in [0, 0.1) is 6.92 Å². The number of rotatable bonds is 6. The Kier molecular flexibility index (Phi) is 5.63. The zero-order valence-electron chi connectivity index (χ0n) is 16.0. The molecule has 1 amide bonds. The van der Waals surface area contributed by atoms with Gasteiger partial charge in [-0.15, -0.1) is 0 Å². The van der Waals surface area contributed by atoms with Gasteiger partial charge in [-0.2, -0.15) is 0 Å². The Morgan fingerprint density at radius 3 is 2.19 bits per heavy atom. The predicted octanol–water partition coefficient (Wildman–Crippen LogP) is 2.66. The molecule has 3 rings (SSSR count). The summed E-state index contributed by atoms with van der Waals surface area (Å²) in [4.78, 5) is 23.7. The molecule has 8 heteroatoms. The van der Waals surface area contributed by atoms with Crippen LogP contribution in [0.3, 0.4) is 0 Å². The highest BCUT2D eigenvalue weighted by molar-refractivity contribution is 6.03. The molecular weight excluding hydrogens is 348 g/mol. The van der Waals surface area contributed by atoms with Crippen LogP contribution >= 0.6 is 0 Å². The van der Waals surface area contributed by atoms with E-state index in [2.05, 4.69) is 20.2 Å². The van der Waals surface area contributed by atoms with Crippen LogP contribution in [0.5, 0.6) is 17.2 Å². The molecule has 0 spiro atoms. The number of aryl methyl sites for hydroxylation is 1. The summed E-state index contributed by atoms with van der Waals surface area (Å²) in [5, 5.41) is 2.84. The number of hydrogen-bond acceptors (Lipinski definition) is 7. The van der Waals surface area contributed by atoms with Gasteiger partial charge in [-0.05, 0) is 19.8 Å². The van der Waals surface area contributed by atoms with Crippen molar-refractivity contribution < 1.29 is 19.0 Å². The number of carbonyl (C=O) groups is 1. The number of amides is 1. The number of anilines is 2. The quantitative estimate of drug-likeness (QED) is 0.834. The van der Waals surface area contributed by atoms with Gasteiger partial charge in [0.1, 0.15) is 17.3 Å². The summed E-state index contributed by atoms with van der Waals surface area (Å²) in [7, 11) is 4.58. The summed E-state index contributed by atoms with van der Waals surface area (Å²) < 4.78 is 16.0. The van der Waals surface area contributed by atoms with E-state index in [-0.39, 0.29) is 5.91 Å². The lowest BCUT2D eigenvalue weighted by molar-refractivity contribution is 0.102. The molecule has 1 fully saturated rings. The van der Waals surface area contributed by atoms with E-state index in [9.17, 15) is 4.79 Å². The molecule has 1 aliphatic heterocycles. The Labute approximate surface area is 158 Å². The second-order valence-corrected chi connectivity index (χ2v) is 6.22. The fourth-order valence-electron chi connectivity index (χ4n) is 3.12. The minimum atomic E-state index is -0.324. The first-order valence-corrected chi connectivity index (χ1v) is 8.77. The van der Waals surface area contributed by atoms with Gasteiger partial charge >= 0.3 is 0 Å². The monoisotopic (exact) mass is 372 g/mol. The maximum Gasteiger partial charge on any atom is 0.274 e. The van der Waals surface area contributed by atoms with E-state index in [1.807, 2.05) is 0 Å². The molecule has 0 aliphatic carbocycles. The number of carbonyl (C=O) groups excluding carboxylic acids is 1. The number of hydrogen-bond donors (Lipinski definition) is 1. The maximum atomic E-state index is 12.8. The Morgan fingerprint density at radius 1 is 1.00 bits per heavy atom. The third-order valence-electron chi connectivity index (χ3n) is 4.41. The topological polar surface area (TPSA) is 85.8 Å². The van der Waals surface area contributed by atoms with Crippen molar-refractivity contribution in [2.24, 2.45) is 0 Å². The zero-order chi connectivity index (χ0) is 19.4. The normalized spacial score (nSPS) is 13.4. The molecule has 0 atom stereocenters. The van der Waals surface area contributed by atoms with Crippen LogP contribution in [0.4, 0.5) is 11.5 Å². The summed E-state index contributed by atoms with van der Waals surface area (Å²) in [6.45, 7) is 3.69. The van der Waals surface area contributed by atoms with E-state index >= 15 is 0 Å². The molecule has 1 aromatic heterocycles. The van der Waals surface area contributed by atoms with Crippen LogP contribution in [0.25, 0.3) is 0 Å². The van der Waals surface area contributed by atoms with Crippen LogP contribution in [0.2, 0.25) is 0 Å². The molecule has 27 heavy (non-hydrogen) atoms. The number of ether oxygens (including phenoxy) is 3. The summed E-state index contributed by atoms with van der Waals surface area (Å²) in [6, 6.07) is 5.08. The highest BCUT2D eigenvalue weighted by Crippen LogP contribution is 2.40. The van der Waals surface area contributed by atoms with Gasteiger partial charge in [0, 0.05) is 37.0 Å². The Bertz CT molecular complexity index is 809. The van der Waals surface area contributed by atoms with Crippen molar-refractivity contribution in [1.82, 2.24) is 9.97 Å². The molecule has 2 aromatic rings. The summed E-state index contributed by atoms with van der Waals surface area (Å²) in [5.41, 5.74) is 0.839. The average molecular weight is 372 g/mol. The van der Waals surface area contributed by atoms with Crippen molar-refractivity contribution in [3.05, 3.63) is 29.7 Å². The molecular formula is C19H24N4O4. The van der Waals surface area contributed by atoms with Crippen molar-refractivity contribution in [3.63, 3.8) is 0 Å². The van der Waals surface area contributed by atoms with E-state index < -0.39 is 0 Å². The highest BCUT2D eigenvalue weighted by atomic mass is 16.5. The van der Waals surface area contributed by atoms with E-state index in [1.54, 1.807) is 25.1 Å². The first-order chi connectivity index (χ1) is 13.0. The maximum absolute atomic E-state index is 12.8. The molecule has 0 radical (unpaired) electrons. The Morgan fingerprint density at radius 2 is 1.63 bits per heavy atom. The number of methoxy groups -OCH3 is 3. The minimum Gasteiger partial charge on any atom is -0.493 e. The molecule has 1 saturated heterocycles. The second kappa shape index (κ2) is 8.11. The largest absolute Gasteiger partial charge is 0.493 e. The molecule has 0 unspecified atom stereocenters. The van der Waals surface area contributed by atoms with Gasteiger partial charge in [-0.1, -0.05) is 0 Å². The number of aromatic nitrogens is 2. The number of nitrogens with one attached hydrogen (secondary N) is 1. The van der Waals surface area contributed by atoms with Crippen LogP contribution in [-0.4, -0.2) is 50.3 Å². The van der Waals surface area contributed by atoms with Crippen molar-refractivity contribution in [2.45, 2.75) is 19.8 Å². The van der Waals surface area contributed by atoms with Gasteiger partial charge in [0.05, 0.1) is 21.3 Å². The first kappa shape index (κ1) is 18.8. The molecule has 144 valence electrons. The molecule has 1 aromatic carbocycles. The lowest BCUT2D eigenvalue weighted by Crippen LogP contribution is -2.22. The van der Waals surface area contributed by atoms with Crippen LogP contribution < -0.4 is 24.4 Å². The van der Waals surface area contributed by atoms with Gasteiger partial charge in [-0.3, -0.25) is 4.79 Å². The summed E-state index contributed by atoms with van der Waals surface area (Å²) in [5.74, 6) is 2.42. The predicted molar refractivity (Wildman–Crippen MR) is 102 cm³/mol. The van der Waals surface area contributed by atoms with Crippen molar-refractivity contribution >= 4 is 17.4 Å². The first-order valence-electron chi connectivity index (χ1n) is 8.77. The smallest absolute Gasteiger partial charge is 0.274 e. The fourth-order valence-corrected chi connectivity index (χ4v) is 3.12. The highest BCUT2D eigenvalue weighted by Gasteiger charge is 2.19. The summed E-state index contributed by atoms with van der Waals surface area (Å²) in [6.07, 6.45) is 2.27.